The van der Waals surface area contributed by atoms with Crippen LogP contribution in [-0.4, -0.2) is 34.8 Å². The Labute approximate surface area is 312 Å². The zero-order valence-corrected chi connectivity index (χ0v) is 31.9. The minimum Gasteiger partial charge on any atom is -1.00 e. The number of aromatic nitrogens is 1. The van der Waals surface area contributed by atoms with Gasteiger partial charge < -0.3 is 33.8 Å². The number of aliphatic hydroxyl groups excluding tert-OH is 1. The molecule has 6 nitrogen and oxygen atoms in total. The SMILES string of the molecule is C=C[C@]1(C)C[C@@H](OC(=O)CSc2cc[n+](Cc3ccc(-c4ccccc4C#N)cc3)cc2)[C@]2(C)[C@H](C)CC[C@]3(CCC(=O)[C@H]32)[C@@H](C)[C@@H]1O.[I-]. The number of thioether (sulfide) groups is 1. The summed E-state index contributed by atoms with van der Waals surface area (Å²) < 4.78 is 8.50. The fourth-order valence-electron chi connectivity index (χ4n) is 9.31. The van der Waals surface area contributed by atoms with Gasteiger partial charge in [-0.15, -0.1) is 18.3 Å². The molecule has 3 aliphatic carbocycles. The molecule has 3 aromatic rings. The van der Waals surface area contributed by atoms with Gasteiger partial charge >= 0.3 is 5.97 Å². The van der Waals surface area contributed by atoms with E-state index in [0.29, 0.717) is 24.9 Å². The van der Waals surface area contributed by atoms with Crippen LogP contribution in [0.4, 0.5) is 0 Å². The van der Waals surface area contributed by atoms with Crippen molar-refractivity contribution in [1.29, 1.82) is 5.26 Å². The van der Waals surface area contributed by atoms with Crippen LogP contribution in [0.25, 0.3) is 11.1 Å². The van der Waals surface area contributed by atoms with Crippen LogP contribution >= 0.6 is 11.8 Å². The first-order valence-electron chi connectivity index (χ1n) is 17.2. The highest BCUT2D eigenvalue weighted by Crippen LogP contribution is 2.68. The van der Waals surface area contributed by atoms with E-state index in [9.17, 15) is 20.0 Å². The van der Waals surface area contributed by atoms with E-state index >= 15 is 0 Å². The second-order valence-electron chi connectivity index (χ2n) is 14.9. The molecule has 258 valence electrons. The molecule has 0 spiro atoms. The smallest absolute Gasteiger partial charge is 0.316 e. The monoisotopic (exact) mass is 790 g/mol. The first-order chi connectivity index (χ1) is 22.9. The van der Waals surface area contributed by atoms with Gasteiger partial charge in [0.05, 0.1) is 23.5 Å². The van der Waals surface area contributed by atoms with E-state index < -0.39 is 23.0 Å². The van der Waals surface area contributed by atoms with Gasteiger partial charge in [0.15, 0.2) is 18.9 Å². The molecule has 1 N–H and O–H groups in total. The highest BCUT2D eigenvalue weighted by Gasteiger charge is 2.68. The van der Waals surface area contributed by atoms with Crippen molar-refractivity contribution in [1.82, 2.24) is 0 Å². The van der Waals surface area contributed by atoms with Gasteiger partial charge in [-0.1, -0.05) is 76.2 Å². The first-order valence-corrected chi connectivity index (χ1v) is 18.2. The van der Waals surface area contributed by atoms with E-state index in [1.165, 1.54) is 11.8 Å². The molecule has 0 aliphatic heterocycles. The molecule has 1 heterocycles. The maximum atomic E-state index is 13.6. The molecule has 2 bridgehead atoms. The van der Waals surface area contributed by atoms with E-state index in [4.69, 9.17) is 4.74 Å². The Kier molecular flexibility index (Phi) is 11.2. The molecule has 0 saturated heterocycles. The average Bonchev–Trinajstić information content (AvgIpc) is 3.46. The summed E-state index contributed by atoms with van der Waals surface area (Å²) in [6.07, 6.45) is 8.30. The van der Waals surface area contributed by atoms with E-state index in [0.717, 1.165) is 40.8 Å². The number of ketones is 1. The van der Waals surface area contributed by atoms with Crippen molar-refractivity contribution in [2.24, 2.45) is 34.0 Å². The third-order valence-electron chi connectivity index (χ3n) is 12.5. The molecule has 0 amide bonds. The Morgan fingerprint density at radius 2 is 1.80 bits per heavy atom. The molecule has 0 radical (unpaired) electrons. The van der Waals surface area contributed by atoms with E-state index in [1.807, 2.05) is 73.9 Å². The number of benzene rings is 2. The predicted octanol–water partition coefficient (Wildman–Crippen LogP) is 4.56. The number of hydrogen-bond donors (Lipinski definition) is 1. The number of pyridine rings is 1. The minimum absolute atomic E-state index is 0. The minimum atomic E-state index is -0.675. The van der Waals surface area contributed by atoms with Crippen LogP contribution in [0.2, 0.25) is 0 Å². The highest BCUT2D eigenvalue weighted by atomic mass is 127. The summed E-state index contributed by atoms with van der Waals surface area (Å²) in [5, 5.41) is 21.2. The Hall–Kier alpha value is -3.00. The molecule has 49 heavy (non-hydrogen) atoms. The van der Waals surface area contributed by atoms with Crippen molar-refractivity contribution in [3.05, 3.63) is 96.8 Å². The predicted molar refractivity (Wildman–Crippen MR) is 188 cm³/mol. The lowest BCUT2D eigenvalue weighted by atomic mass is 9.44. The number of esters is 1. The Balaban J connectivity index is 0.00000468. The van der Waals surface area contributed by atoms with Crippen molar-refractivity contribution >= 4 is 23.5 Å². The number of rotatable bonds is 8. The summed E-state index contributed by atoms with van der Waals surface area (Å²) in [6, 6.07) is 22.2. The summed E-state index contributed by atoms with van der Waals surface area (Å²) in [5.74, 6) is 0.0385. The third kappa shape index (κ3) is 6.75. The fraction of sp³-hybridized carbons (Fsp3) is 0.463. The number of hydrogen-bond acceptors (Lipinski definition) is 6. The average molecular weight is 791 g/mol. The van der Waals surface area contributed by atoms with Crippen LogP contribution in [0.3, 0.4) is 0 Å². The quantitative estimate of drug-likeness (QED) is 0.118. The molecule has 3 fully saturated rings. The zero-order chi connectivity index (χ0) is 34.3. The molecule has 8 atom stereocenters. The van der Waals surface area contributed by atoms with Gasteiger partial charge in [0.1, 0.15) is 11.9 Å². The van der Waals surface area contributed by atoms with Crippen LogP contribution in [0.1, 0.15) is 70.9 Å². The van der Waals surface area contributed by atoms with E-state index in [2.05, 4.69) is 50.1 Å². The Morgan fingerprint density at radius 3 is 2.47 bits per heavy atom. The number of ether oxygens (including phenoxy) is 1. The van der Waals surface area contributed by atoms with Crippen molar-refractivity contribution < 1.29 is 48.0 Å². The van der Waals surface area contributed by atoms with Crippen LogP contribution in [0.15, 0.2) is 90.6 Å². The topological polar surface area (TPSA) is 91.3 Å². The Morgan fingerprint density at radius 1 is 1.10 bits per heavy atom. The van der Waals surface area contributed by atoms with Gasteiger partial charge in [-0.05, 0) is 60.1 Å². The number of carbonyl (C=O) groups excluding carboxylic acids is 2. The van der Waals surface area contributed by atoms with Gasteiger partial charge in [0.25, 0.3) is 0 Å². The number of nitrogens with zero attached hydrogens (tertiary/aromatic N) is 2. The molecule has 1 aromatic heterocycles. The van der Waals surface area contributed by atoms with Gasteiger partial charge in [-0.3, -0.25) is 9.59 Å². The summed E-state index contributed by atoms with van der Waals surface area (Å²) in [6.45, 7) is 13.3. The van der Waals surface area contributed by atoms with Crippen LogP contribution in [0.5, 0.6) is 0 Å². The lowest BCUT2D eigenvalue weighted by molar-refractivity contribution is -0.688. The van der Waals surface area contributed by atoms with Gasteiger partial charge in [0.2, 0.25) is 0 Å². The van der Waals surface area contributed by atoms with Crippen molar-refractivity contribution in [3.63, 3.8) is 0 Å². The first kappa shape index (κ1) is 37.3. The van der Waals surface area contributed by atoms with Gasteiger partial charge in [-0.25, -0.2) is 4.57 Å². The number of aliphatic hydroxyl groups is 1. The third-order valence-corrected chi connectivity index (χ3v) is 13.5. The second kappa shape index (κ2) is 14.7. The highest BCUT2D eigenvalue weighted by molar-refractivity contribution is 8.00. The Bertz CT molecular complexity index is 1740. The normalized spacial score (nSPS) is 32.1. The van der Waals surface area contributed by atoms with E-state index in [-0.39, 0.29) is 64.7 Å². The molecule has 2 aromatic carbocycles. The summed E-state index contributed by atoms with van der Waals surface area (Å²) in [7, 11) is 0. The molecule has 6 rings (SSSR count). The summed E-state index contributed by atoms with van der Waals surface area (Å²) >= 11 is 1.44. The molecule has 0 unspecified atom stereocenters. The van der Waals surface area contributed by atoms with Crippen molar-refractivity contribution in [3.8, 4) is 17.2 Å². The molecule has 8 heteroatoms. The number of Topliss-reactive ketones (excluding diaryl/α,β-unsaturated/α-hetero) is 1. The lowest BCUT2D eigenvalue weighted by Crippen LogP contribution is -3.00. The van der Waals surface area contributed by atoms with Crippen molar-refractivity contribution in [2.75, 3.05) is 5.75 Å². The van der Waals surface area contributed by atoms with Crippen LogP contribution in [0, 0.1) is 45.3 Å². The van der Waals surface area contributed by atoms with Gasteiger partial charge in [-0.2, -0.15) is 5.26 Å². The lowest BCUT2D eigenvalue weighted by Gasteiger charge is -2.61. The largest absolute Gasteiger partial charge is 1.00 e. The molecular weight excluding hydrogens is 743 g/mol. The van der Waals surface area contributed by atoms with Crippen molar-refractivity contribution in [2.45, 2.75) is 83.4 Å². The number of carbonyl (C=O) groups is 2. The number of nitriles is 1. The van der Waals surface area contributed by atoms with E-state index in [1.54, 1.807) is 0 Å². The van der Waals surface area contributed by atoms with Crippen LogP contribution in [-0.2, 0) is 20.9 Å². The molecular formula is C41H47IN2O4S. The maximum Gasteiger partial charge on any atom is 0.316 e. The molecule has 3 saturated carbocycles. The second-order valence-corrected chi connectivity index (χ2v) is 16.0. The summed E-state index contributed by atoms with van der Waals surface area (Å²) in [5.41, 5.74) is 2.30. The maximum absolute atomic E-state index is 13.6. The van der Waals surface area contributed by atoms with Gasteiger partial charge in [0, 0.05) is 45.8 Å². The summed E-state index contributed by atoms with van der Waals surface area (Å²) in [4.78, 5) is 28.2. The number of halogens is 1. The zero-order valence-electron chi connectivity index (χ0n) is 28.9. The standard InChI is InChI=1S/C41H47N2O4S.HI/c1-6-39(4)23-35(40(5)27(2)15-19-41(28(3)38(39)46)20-16-34(44)37(40)41)47-36(45)26-48-32-17-21-43(22-18-32)25-29-11-13-30(14-12-29)33-10-8-7-9-31(33)24-42;/h6-14,17-18,21-22,27-28,35,37-38,46H,1,15-16,19-20,23,25-26H2,2-5H3;1H/q+1;/p-1/t27-,28+,35-,37+,38+,39-,40+,41+;/m1./s1. The fourth-order valence-corrected chi connectivity index (χ4v) is 9.98. The molecule has 3 aliphatic rings. The van der Waals surface area contributed by atoms with Crippen LogP contribution < -0.4 is 28.5 Å².